The molecule has 0 fully saturated rings. The summed E-state index contributed by atoms with van der Waals surface area (Å²) in [5, 5.41) is 2.91. The van der Waals surface area contributed by atoms with Crippen LogP contribution in [-0.4, -0.2) is 10.9 Å². The summed E-state index contributed by atoms with van der Waals surface area (Å²) in [4.78, 5) is 16.8. The van der Waals surface area contributed by atoms with Crippen LogP contribution in [0.4, 0.5) is 5.69 Å². The predicted octanol–water partition coefficient (Wildman–Crippen LogP) is 5.31. The summed E-state index contributed by atoms with van der Waals surface area (Å²) in [6.45, 7) is 5.85. The van der Waals surface area contributed by atoms with Crippen LogP contribution >= 0.6 is 0 Å². The number of amides is 1. The molecule has 26 heavy (non-hydrogen) atoms. The van der Waals surface area contributed by atoms with Gasteiger partial charge in [0.15, 0.2) is 0 Å². The van der Waals surface area contributed by atoms with Gasteiger partial charge in [-0.1, -0.05) is 25.1 Å². The van der Waals surface area contributed by atoms with Crippen molar-refractivity contribution in [3.05, 3.63) is 83.2 Å². The lowest BCUT2D eigenvalue weighted by atomic mass is 10.1. The largest absolute Gasteiger partial charge is 0.457 e. The SMILES string of the molecule is CCc1cccc(Oc2cccc(NC(=O)c3ccc(C)nc3C)c2)c1. The molecule has 0 unspecified atom stereocenters. The Bertz CT molecular complexity index is 935. The van der Waals surface area contributed by atoms with Gasteiger partial charge in [0.25, 0.3) is 5.91 Å². The monoisotopic (exact) mass is 346 g/mol. The second-order valence-electron chi connectivity index (χ2n) is 6.17. The summed E-state index contributed by atoms with van der Waals surface area (Å²) >= 11 is 0. The number of aryl methyl sites for hydroxylation is 3. The Hall–Kier alpha value is -3.14. The predicted molar refractivity (Wildman–Crippen MR) is 104 cm³/mol. The summed E-state index contributed by atoms with van der Waals surface area (Å²) in [7, 11) is 0. The highest BCUT2D eigenvalue weighted by atomic mass is 16.5. The number of rotatable bonds is 5. The lowest BCUT2D eigenvalue weighted by Crippen LogP contribution is -2.14. The van der Waals surface area contributed by atoms with Crippen molar-refractivity contribution >= 4 is 11.6 Å². The average Bonchev–Trinajstić information content (AvgIpc) is 2.62. The van der Waals surface area contributed by atoms with E-state index in [1.165, 1.54) is 5.56 Å². The van der Waals surface area contributed by atoms with Crippen molar-refractivity contribution in [3.8, 4) is 11.5 Å². The van der Waals surface area contributed by atoms with Crippen LogP contribution in [0.3, 0.4) is 0 Å². The molecule has 0 radical (unpaired) electrons. The first-order valence-electron chi connectivity index (χ1n) is 8.67. The van der Waals surface area contributed by atoms with E-state index in [-0.39, 0.29) is 5.91 Å². The number of benzene rings is 2. The summed E-state index contributed by atoms with van der Waals surface area (Å²) in [6.07, 6.45) is 0.956. The van der Waals surface area contributed by atoms with E-state index in [1.807, 2.05) is 62.4 Å². The van der Waals surface area contributed by atoms with Crippen LogP contribution in [0.15, 0.2) is 60.7 Å². The van der Waals surface area contributed by atoms with Gasteiger partial charge in [0.2, 0.25) is 0 Å². The first-order valence-corrected chi connectivity index (χ1v) is 8.67. The van der Waals surface area contributed by atoms with Gasteiger partial charge < -0.3 is 10.1 Å². The van der Waals surface area contributed by atoms with Crippen LogP contribution in [0.5, 0.6) is 11.5 Å². The zero-order valence-electron chi connectivity index (χ0n) is 15.2. The van der Waals surface area contributed by atoms with Crippen molar-refractivity contribution in [2.45, 2.75) is 27.2 Å². The number of carbonyl (C=O) groups is 1. The van der Waals surface area contributed by atoms with Crippen molar-refractivity contribution in [1.82, 2.24) is 4.98 Å². The molecule has 4 nitrogen and oxygen atoms in total. The normalized spacial score (nSPS) is 10.4. The molecule has 1 N–H and O–H groups in total. The number of pyridine rings is 1. The van der Waals surface area contributed by atoms with Crippen LogP contribution in [0, 0.1) is 13.8 Å². The number of nitrogens with zero attached hydrogens (tertiary/aromatic N) is 1. The van der Waals surface area contributed by atoms with Crippen LogP contribution in [-0.2, 0) is 6.42 Å². The van der Waals surface area contributed by atoms with Crippen LogP contribution in [0.25, 0.3) is 0 Å². The molecule has 0 saturated carbocycles. The van der Waals surface area contributed by atoms with Crippen molar-refractivity contribution in [3.63, 3.8) is 0 Å². The smallest absolute Gasteiger partial charge is 0.257 e. The van der Waals surface area contributed by atoms with Crippen molar-refractivity contribution < 1.29 is 9.53 Å². The minimum atomic E-state index is -0.180. The van der Waals surface area contributed by atoms with E-state index in [0.29, 0.717) is 22.7 Å². The van der Waals surface area contributed by atoms with Gasteiger partial charge in [-0.05, 0) is 62.2 Å². The lowest BCUT2D eigenvalue weighted by molar-refractivity contribution is 0.102. The van der Waals surface area contributed by atoms with E-state index >= 15 is 0 Å². The van der Waals surface area contributed by atoms with E-state index in [9.17, 15) is 4.79 Å². The molecule has 1 heterocycles. The summed E-state index contributed by atoms with van der Waals surface area (Å²) < 4.78 is 5.92. The number of ether oxygens (including phenoxy) is 1. The Morgan fingerprint density at radius 2 is 1.73 bits per heavy atom. The number of carbonyl (C=O) groups excluding carboxylic acids is 1. The molecule has 1 amide bonds. The van der Waals surface area contributed by atoms with E-state index in [4.69, 9.17) is 4.74 Å². The van der Waals surface area contributed by atoms with Crippen LogP contribution in [0.2, 0.25) is 0 Å². The lowest BCUT2D eigenvalue weighted by Gasteiger charge is -2.11. The summed E-state index contributed by atoms with van der Waals surface area (Å²) in [6, 6.07) is 19.0. The fourth-order valence-electron chi connectivity index (χ4n) is 2.73. The van der Waals surface area contributed by atoms with Gasteiger partial charge in [-0.15, -0.1) is 0 Å². The van der Waals surface area contributed by atoms with E-state index < -0.39 is 0 Å². The number of aromatic nitrogens is 1. The molecule has 0 saturated heterocycles. The van der Waals surface area contributed by atoms with Crippen LogP contribution < -0.4 is 10.1 Å². The van der Waals surface area contributed by atoms with E-state index in [1.54, 1.807) is 6.07 Å². The Labute approximate surface area is 153 Å². The third-order valence-corrected chi connectivity index (χ3v) is 4.10. The molecule has 0 aliphatic rings. The van der Waals surface area contributed by atoms with E-state index in [0.717, 1.165) is 17.9 Å². The molecule has 0 aliphatic carbocycles. The standard InChI is InChI=1S/C22H22N2O2/c1-4-17-7-5-9-19(13-17)26-20-10-6-8-18(14-20)24-22(25)21-12-11-15(2)23-16(21)3/h5-14H,4H2,1-3H3,(H,24,25). The fraction of sp³-hybridized carbons (Fsp3) is 0.182. The Kier molecular flexibility index (Phi) is 5.32. The zero-order chi connectivity index (χ0) is 18.5. The molecule has 132 valence electrons. The zero-order valence-corrected chi connectivity index (χ0v) is 15.2. The molecule has 0 bridgehead atoms. The summed E-state index contributed by atoms with van der Waals surface area (Å²) in [5.74, 6) is 1.28. The first kappa shape index (κ1) is 17.7. The molecular formula is C22H22N2O2. The van der Waals surface area contributed by atoms with Crippen molar-refractivity contribution in [2.75, 3.05) is 5.32 Å². The van der Waals surface area contributed by atoms with Gasteiger partial charge in [0, 0.05) is 17.4 Å². The Morgan fingerprint density at radius 1 is 1.00 bits per heavy atom. The molecular weight excluding hydrogens is 324 g/mol. The van der Waals surface area contributed by atoms with Gasteiger partial charge in [-0.2, -0.15) is 0 Å². The third-order valence-electron chi connectivity index (χ3n) is 4.10. The maximum Gasteiger partial charge on any atom is 0.257 e. The van der Waals surface area contributed by atoms with Gasteiger partial charge in [-0.3, -0.25) is 9.78 Å². The van der Waals surface area contributed by atoms with E-state index in [2.05, 4.69) is 23.3 Å². The Balaban J connectivity index is 1.75. The molecule has 2 aromatic carbocycles. The third kappa shape index (κ3) is 4.28. The summed E-state index contributed by atoms with van der Waals surface area (Å²) in [5.41, 5.74) is 4.07. The molecule has 1 aromatic heterocycles. The molecule has 0 atom stereocenters. The van der Waals surface area contributed by atoms with Crippen LogP contribution in [0.1, 0.15) is 34.2 Å². The molecule has 0 aliphatic heterocycles. The topological polar surface area (TPSA) is 51.2 Å². The van der Waals surface area contributed by atoms with Gasteiger partial charge in [-0.25, -0.2) is 0 Å². The Morgan fingerprint density at radius 3 is 2.46 bits per heavy atom. The number of anilines is 1. The van der Waals surface area contributed by atoms with Gasteiger partial charge in [0.1, 0.15) is 11.5 Å². The maximum absolute atomic E-state index is 12.5. The second-order valence-corrected chi connectivity index (χ2v) is 6.17. The first-order chi connectivity index (χ1) is 12.5. The highest BCUT2D eigenvalue weighted by molar-refractivity contribution is 6.05. The minimum Gasteiger partial charge on any atom is -0.457 e. The second kappa shape index (κ2) is 7.83. The number of hydrogen-bond donors (Lipinski definition) is 1. The molecule has 4 heteroatoms. The molecule has 0 spiro atoms. The quantitative estimate of drug-likeness (QED) is 0.681. The fourth-order valence-corrected chi connectivity index (χ4v) is 2.73. The van der Waals surface area contributed by atoms with Gasteiger partial charge >= 0.3 is 0 Å². The average molecular weight is 346 g/mol. The number of nitrogens with one attached hydrogen (secondary N) is 1. The molecule has 3 rings (SSSR count). The minimum absolute atomic E-state index is 0.180. The highest BCUT2D eigenvalue weighted by Crippen LogP contribution is 2.25. The van der Waals surface area contributed by atoms with Crippen molar-refractivity contribution in [1.29, 1.82) is 0 Å². The van der Waals surface area contributed by atoms with Crippen molar-refractivity contribution in [2.24, 2.45) is 0 Å². The van der Waals surface area contributed by atoms with Gasteiger partial charge in [0.05, 0.1) is 11.3 Å². The highest BCUT2D eigenvalue weighted by Gasteiger charge is 2.11. The number of hydrogen-bond acceptors (Lipinski definition) is 3. The molecule has 3 aromatic rings. The maximum atomic E-state index is 12.5.